The Morgan fingerprint density at radius 2 is 1.93 bits per heavy atom. The topological polar surface area (TPSA) is 13.1 Å². The van der Waals surface area contributed by atoms with Gasteiger partial charge in [-0.2, -0.15) is 0 Å². The number of halogens is 1. The predicted molar refractivity (Wildman–Crippen MR) is 65.3 cm³/mol. The predicted octanol–water partition coefficient (Wildman–Crippen LogP) is 3.99. The SMILES string of the molecule is Ic1[c]cc2oc3ccccc3c2c1. The average Bonchev–Trinajstić information content (AvgIpc) is 2.56. The van der Waals surface area contributed by atoms with Gasteiger partial charge in [-0.3, -0.25) is 0 Å². The standard InChI is InChI=1S/C12H6IO/c13-8-5-6-12-10(7-8)9-3-1-2-4-11(9)14-12/h1-4,6-7H. The smallest absolute Gasteiger partial charge is 0.136 e. The third-order valence-electron chi connectivity index (χ3n) is 2.27. The second-order valence-electron chi connectivity index (χ2n) is 3.16. The van der Waals surface area contributed by atoms with Gasteiger partial charge in [0, 0.05) is 14.3 Å². The van der Waals surface area contributed by atoms with Crippen LogP contribution in [0.25, 0.3) is 21.9 Å². The van der Waals surface area contributed by atoms with E-state index in [2.05, 4.69) is 40.8 Å². The first kappa shape index (κ1) is 8.29. The third kappa shape index (κ3) is 1.14. The summed E-state index contributed by atoms with van der Waals surface area (Å²) in [7, 11) is 0. The largest absolute Gasteiger partial charge is 0.456 e. The summed E-state index contributed by atoms with van der Waals surface area (Å²) in [6.07, 6.45) is 0. The maximum Gasteiger partial charge on any atom is 0.136 e. The van der Waals surface area contributed by atoms with Gasteiger partial charge in [-0.15, -0.1) is 0 Å². The molecule has 0 aliphatic rings. The lowest BCUT2D eigenvalue weighted by molar-refractivity contribution is 0.669. The first-order valence-electron chi connectivity index (χ1n) is 4.33. The van der Waals surface area contributed by atoms with Crippen LogP contribution in [-0.4, -0.2) is 0 Å². The highest BCUT2D eigenvalue weighted by molar-refractivity contribution is 14.1. The highest BCUT2D eigenvalue weighted by Gasteiger charge is 2.05. The highest BCUT2D eigenvalue weighted by atomic mass is 127. The molecule has 0 unspecified atom stereocenters. The Bertz CT molecular complexity index is 610. The molecule has 0 saturated heterocycles. The molecule has 0 saturated carbocycles. The van der Waals surface area contributed by atoms with E-state index in [0.29, 0.717) is 0 Å². The summed E-state index contributed by atoms with van der Waals surface area (Å²) in [6.45, 7) is 0. The second kappa shape index (κ2) is 2.98. The molecule has 67 valence electrons. The van der Waals surface area contributed by atoms with Crippen molar-refractivity contribution in [1.29, 1.82) is 0 Å². The fourth-order valence-corrected chi connectivity index (χ4v) is 2.11. The van der Waals surface area contributed by atoms with Crippen molar-refractivity contribution in [2.24, 2.45) is 0 Å². The Labute approximate surface area is 94.9 Å². The van der Waals surface area contributed by atoms with Crippen molar-refractivity contribution in [2.75, 3.05) is 0 Å². The normalized spacial score (nSPS) is 11.2. The van der Waals surface area contributed by atoms with E-state index in [1.807, 2.05) is 24.3 Å². The number of fused-ring (bicyclic) bond motifs is 3. The number of hydrogen-bond acceptors (Lipinski definition) is 1. The van der Waals surface area contributed by atoms with E-state index in [9.17, 15) is 0 Å². The molecule has 0 spiro atoms. The summed E-state index contributed by atoms with van der Waals surface area (Å²) in [5, 5.41) is 2.35. The zero-order valence-corrected chi connectivity index (χ0v) is 9.41. The van der Waals surface area contributed by atoms with E-state index in [4.69, 9.17) is 4.42 Å². The Hall–Kier alpha value is -1.03. The molecule has 0 bridgehead atoms. The second-order valence-corrected chi connectivity index (χ2v) is 4.32. The molecule has 1 nitrogen and oxygen atoms in total. The first-order chi connectivity index (χ1) is 6.84. The summed E-state index contributed by atoms with van der Waals surface area (Å²) in [6, 6.07) is 15.2. The molecule has 2 aromatic carbocycles. The molecular weight excluding hydrogens is 287 g/mol. The van der Waals surface area contributed by atoms with Gasteiger partial charge in [-0.25, -0.2) is 0 Å². The molecule has 1 radical (unpaired) electrons. The van der Waals surface area contributed by atoms with E-state index in [-0.39, 0.29) is 0 Å². The molecule has 0 aliphatic carbocycles. The molecule has 2 heteroatoms. The van der Waals surface area contributed by atoms with E-state index in [0.717, 1.165) is 14.7 Å². The molecule has 14 heavy (non-hydrogen) atoms. The van der Waals surface area contributed by atoms with Crippen molar-refractivity contribution < 1.29 is 4.42 Å². The van der Waals surface area contributed by atoms with Gasteiger partial charge in [-0.05, 0) is 46.9 Å². The van der Waals surface area contributed by atoms with Crippen LogP contribution in [0.15, 0.2) is 40.8 Å². The molecule has 0 aliphatic heterocycles. The molecule has 0 amide bonds. The minimum Gasteiger partial charge on any atom is -0.456 e. The van der Waals surface area contributed by atoms with Gasteiger partial charge in [-0.1, -0.05) is 18.2 Å². The summed E-state index contributed by atoms with van der Waals surface area (Å²) in [5.41, 5.74) is 1.85. The monoisotopic (exact) mass is 293 g/mol. The minimum absolute atomic E-state index is 0.909. The van der Waals surface area contributed by atoms with E-state index >= 15 is 0 Å². The lowest BCUT2D eigenvalue weighted by Crippen LogP contribution is -1.69. The van der Waals surface area contributed by atoms with Gasteiger partial charge in [0.15, 0.2) is 0 Å². The molecule has 3 rings (SSSR count). The average molecular weight is 293 g/mol. The number of benzene rings is 2. The van der Waals surface area contributed by atoms with Gasteiger partial charge in [0.1, 0.15) is 11.2 Å². The van der Waals surface area contributed by atoms with Crippen LogP contribution in [0.5, 0.6) is 0 Å². The fourth-order valence-electron chi connectivity index (χ4n) is 1.64. The van der Waals surface area contributed by atoms with Gasteiger partial charge >= 0.3 is 0 Å². The van der Waals surface area contributed by atoms with Gasteiger partial charge in [0.25, 0.3) is 0 Å². The molecule has 1 aromatic heterocycles. The van der Waals surface area contributed by atoms with Crippen molar-refractivity contribution in [3.63, 3.8) is 0 Å². The minimum atomic E-state index is 0.909. The lowest BCUT2D eigenvalue weighted by atomic mass is 10.2. The van der Waals surface area contributed by atoms with Crippen LogP contribution in [0.2, 0.25) is 0 Å². The summed E-state index contributed by atoms with van der Waals surface area (Å²) in [4.78, 5) is 0. The van der Waals surface area contributed by atoms with E-state index in [1.165, 1.54) is 10.8 Å². The van der Waals surface area contributed by atoms with Crippen molar-refractivity contribution in [3.8, 4) is 0 Å². The Balaban J connectivity index is 2.58. The molecule has 3 aromatic rings. The van der Waals surface area contributed by atoms with Crippen molar-refractivity contribution >= 4 is 44.5 Å². The number of rotatable bonds is 0. The molecular formula is C12H6IO. The lowest BCUT2D eigenvalue weighted by Gasteiger charge is -1.89. The molecule has 1 heterocycles. The molecule has 0 fully saturated rings. The Morgan fingerprint density at radius 1 is 1.07 bits per heavy atom. The summed E-state index contributed by atoms with van der Waals surface area (Å²) in [5.74, 6) is 0. The van der Waals surface area contributed by atoms with Gasteiger partial charge in [0.2, 0.25) is 0 Å². The van der Waals surface area contributed by atoms with Gasteiger partial charge in [0.05, 0.1) is 0 Å². The zero-order valence-electron chi connectivity index (χ0n) is 7.25. The molecule has 0 N–H and O–H groups in total. The van der Waals surface area contributed by atoms with Crippen LogP contribution in [0.1, 0.15) is 0 Å². The van der Waals surface area contributed by atoms with Crippen LogP contribution in [0.3, 0.4) is 0 Å². The number of hydrogen-bond donors (Lipinski definition) is 0. The first-order valence-corrected chi connectivity index (χ1v) is 5.41. The third-order valence-corrected chi connectivity index (χ3v) is 2.90. The van der Waals surface area contributed by atoms with Crippen LogP contribution in [0.4, 0.5) is 0 Å². The Kier molecular flexibility index (Phi) is 1.77. The summed E-state index contributed by atoms with van der Waals surface area (Å²) >= 11 is 2.26. The van der Waals surface area contributed by atoms with Crippen molar-refractivity contribution in [3.05, 3.63) is 46.0 Å². The number of furan rings is 1. The quantitative estimate of drug-likeness (QED) is 0.571. The van der Waals surface area contributed by atoms with E-state index in [1.54, 1.807) is 0 Å². The van der Waals surface area contributed by atoms with Crippen LogP contribution in [0, 0.1) is 9.64 Å². The number of para-hydroxylation sites is 1. The van der Waals surface area contributed by atoms with Crippen LogP contribution >= 0.6 is 22.6 Å². The zero-order chi connectivity index (χ0) is 9.54. The van der Waals surface area contributed by atoms with Crippen molar-refractivity contribution in [2.45, 2.75) is 0 Å². The van der Waals surface area contributed by atoms with Crippen LogP contribution < -0.4 is 0 Å². The fraction of sp³-hybridized carbons (Fsp3) is 0. The van der Waals surface area contributed by atoms with E-state index < -0.39 is 0 Å². The van der Waals surface area contributed by atoms with Gasteiger partial charge < -0.3 is 4.42 Å². The van der Waals surface area contributed by atoms with Crippen LogP contribution in [-0.2, 0) is 0 Å². The summed E-state index contributed by atoms with van der Waals surface area (Å²) < 4.78 is 6.79. The van der Waals surface area contributed by atoms with Crippen molar-refractivity contribution in [1.82, 2.24) is 0 Å². The Morgan fingerprint density at radius 3 is 2.86 bits per heavy atom. The highest BCUT2D eigenvalue weighted by Crippen LogP contribution is 2.28. The maximum absolute atomic E-state index is 5.67. The maximum atomic E-state index is 5.67. The molecule has 0 atom stereocenters.